The maximum atomic E-state index is 9.56. The molecule has 0 aromatic heterocycles. The minimum absolute atomic E-state index is 0.545. The molecule has 0 unspecified atom stereocenters. The summed E-state index contributed by atoms with van der Waals surface area (Å²) < 4.78 is 10.4. The third-order valence-electron chi connectivity index (χ3n) is 3.24. The summed E-state index contributed by atoms with van der Waals surface area (Å²) >= 11 is 0. The van der Waals surface area contributed by atoms with Crippen molar-refractivity contribution in [2.45, 2.75) is 58.3 Å². The molecule has 0 radical (unpaired) electrons. The van der Waals surface area contributed by atoms with E-state index in [0.717, 1.165) is 12.8 Å². The van der Waals surface area contributed by atoms with Gasteiger partial charge < -0.3 is 14.3 Å². The number of para-hydroxylation sites is 1. The Bertz CT molecular complexity index is 319. The van der Waals surface area contributed by atoms with Crippen molar-refractivity contribution in [2.24, 2.45) is 0 Å². The molecule has 4 heteroatoms. The lowest BCUT2D eigenvalue weighted by atomic mass is 10.1. The molecule has 0 aliphatic carbocycles. The Hall–Kier alpha value is -0.995. The number of hydrogen-bond donors (Lipinski definition) is 1. The molecule has 0 heterocycles. The molecule has 0 amide bonds. The summed E-state index contributed by atoms with van der Waals surface area (Å²) in [7, 11) is -1.16. The maximum Gasteiger partial charge on any atom is 0.710 e. The molecular weight excluding hydrogens is 251 g/mol. The van der Waals surface area contributed by atoms with Crippen molar-refractivity contribution in [3.05, 3.63) is 30.3 Å². The number of hydrogen-bond acceptors (Lipinski definition) is 3. The number of unbranched alkanes of at least 4 members (excludes halogenated alkanes) is 7. The van der Waals surface area contributed by atoms with E-state index in [1.54, 1.807) is 12.1 Å². The molecule has 1 N–H and O–H groups in total. The van der Waals surface area contributed by atoms with Crippen molar-refractivity contribution in [3.8, 4) is 5.75 Å². The SMILES string of the molecule is CCCCCCCCCCOB(O)Oc1ccccc1. The normalized spacial score (nSPS) is 10.5. The Kier molecular flexibility index (Phi) is 10.1. The maximum absolute atomic E-state index is 9.56. The Balaban J connectivity index is 1.91. The van der Waals surface area contributed by atoms with E-state index >= 15 is 0 Å². The molecule has 0 bridgehead atoms. The average Bonchev–Trinajstić information content (AvgIpc) is 2.46. The highest BCUT2D eigenvalue weighted by atomic mass is 16.7. The summed E-state index contributed by atoms with van der Waals surface area (Å²) in [5.41, 5.74) is 0. The van der Waals surface area contributed by atoms with Crippen LogP contribution in [0.3, 0.4) is 0 Å². The summed E-state index contributed by atoms with van der Waals surface area (Å²) in [4.78, 5) is 0. The van der Waals surface area contributed by atoms with Crippen LogP contribution in [0, 0.1) is 0 Å². The quantitative estimate of drug-likeness (QED) is 0.460. The van der Waals surface area contributed by atoms with Crippen molar-refractivity contribution < 1.29 is 14.3 Å². The molecule has 0 atom stereocenters. The van der Waals surface area contributed by atoms with Crippen molar-refractivity contribution >= 4 is 7.32 Å². The molecule has 1 aromatic rings. The summed E-state index contributed by atoms with van der Waals surface area (Å²) in [5, 5.41) is 9.56. The van der Waals surface area contributed by atoms with Crippen molar-refractivity contribution in [2.75, 3.05) is 6.61 Å². The second kappa shape index (κ2) is 11.8. The topological polar surface area (TPSA) is 38.7 Å². The molecule has 0 saturated carbocycles. The standard InChI is InChI=1S/C16H27BO3/c1-2-3-4-5-6-7-8-12-15-19-17(18)20-16-13-10-9-11-14-16/h9-11,13-14,18H,2-8,12,15H2,1H3. The van der Waals surface area contributed by atoms with Gasteiger partial charge in [-0.3, -0.25) is 0 Å². The lowest BCUT2D eigenvalue weighted by Crippen LogP contribution is -2.26. The van der Waals surface area contributed by atoms with Gasteiger partial charge in [-0.15, -0.1) is 0 Å². The first-order chi connectivity index (χ1) is 9.83. The van der Waals surface area contributed by atoms with Gasteiger partial charge in [0.25, 0.3) is 0 Å². The fourth-order valence-electron chi connectivity index (χ4n) is 2.07. The van der Waals surface area contributed by atoms with Crippen molar-refractivity contribution in [1.82, 2.24) is 0 Å². The van der Waals surface area contributed by atoms with Crippen molar-refractivity contribution in [1.29, 1.82) is 0 Å². The molecule has 0 aliphatic heterocycles. The van der Waals surface area contributed by atoms with Gasteiger partial charge in [0.15, 0.2) is 0 Å². The Labute approximate surface area is 123 Å². The van der Waals surface area contributed by atoms with E-state index in [2.05, 4.69) is 6.92 Å². The van der Waals surface area contributed by atoms with Gasteiger partial charge in [0.05, 0.1) is 0 Å². The largest absolute Gasteiger partial charge is 0.710 e. The lowest BCUT2D eigenvalue weighted by molar-refractivity contribution is 0.189. The molecule has 1 aromatic carbocycles. The van der Waals surface area contributed by atoms with Gasteiger partial charge in [-0.1, -0.05) is 70.1 Å². The highest BCUT2D eigenvalue weighted by Gasteiger charge is 2.17. The van der Waals surface area contributed by atoms with Gasteiger partial charge in [0.1, 0.15) is 5.75 Å². The van der Waals surface area contributed by atoms with Crippen LogP contribution in [0.2, 0.25) is 0 Å². The third-order valence-corrected chi connectivity index (χ3v) is 3.24. The van der Waals surface area contributed by atoms with Crippen LogP contribution in [-0.4, -0.2) is 19.0 Å². The Morgan fingerprint density at radius 3 is 2.15 bits per heavy atom. The van der Waals surface area contributed by atoms with Crippen molar-refractivity contribution in [3.63, 3.8) is 0 Å². The molecule has 0 spiro atoms. The molecule has 0 aliphatic rings. The number of rotatable bonds is 12. The van der Waals surface area contributed by atoms with Crippen LogP contribution in [0.15, 0.2) is 30.3 Å². The molecule has 0 fully saturated rings. The molecule has 112 valence electrons. The van der Waals surface area contributed by atoms with E-state index in [1.807, 2.05) is 18.2 Å². The predicted octanol–water partition coefficient (Wildman–Crippen LogP) is 4.20. The van der Waals surface area contributed by atoms with E-state index in [9.17, 15) is 5.02 Å². The molecule has 20 heavy (non-hydrogen) atoms. The van der Waals surface area contributed by atoms with E-state index < -0.39 is 7.32 Å². The number of benzene rings is 1. The van der Waals surface area contributed by atoms with Gasteiger partial charge in [0.2, 0.25) is 0 Å². The third kappa shape index (κ3) is 9.00. The zero-order valence-electron chi connectivity index (χ0n) is 12.6. The van der Waals surface area contributed by atoms with Gasteiger partial charge in [-0.25, -0.2) is 0 Å². The first kappa shape index (κ1) is 17.1. The van der Waals surface area contributed by atoms with E-state index in [1.165, 1.54) is 38.5 Å². The van der Waals surface area contributed by atoms with Crippen LogP contribution < -0.4 is 4.65 Å². The molecule has 1 rings (SSSR count). The van der Waals surface area contributed by atoms with Crippen LogP contribution in [0.4, 0.5) is 0 Å². The minimum atomic E-state index is -1.16. The fourth-order valence-corrected chi connectivity index (χ4v) is 2.07. The molecular formula is C16H27BO3. The Morgan fingerprint density at radius 1 is 0.900 bits per heavy atom. The highest BCUT2D eigenvalue weighted by molar-refractivity contribution is 6.35. The van der Waals surface area contributed by atoms with Crippen LogP contribution in [-0.2, 0) is 4.65 Å². The molecule has 0 saturated heterocycles. The second-order valence-electron chi connectivity index (χ2n) is 5.08. The zero-order chi connectivity index (χ0) is 14.5. The first-order valence-electron chi connectivity index (χ1n) is 7.84. The second-order valence-corrected chi connectivity index (χ2v) is 5.08. The summed E-state index contributed by atoms with van der Waals surface area (Å²) in [6.45, 7) is 2.78. The summed E-state index contributed by atoms with van der Waals surface area (Å²) in [5.74, 6) is 0.621. The van der Waals surface area contributed by atoms with Crippen LogP contribution in [0.5, 0.6) is 5.75 Å². The average molecular weight is 278 g/mol. The van der Waals surface area contributed by atoms with Crippen LogP contribution >= 0.6 is 0 Å². The van der Waals surface area contributed by atoms with E-state index in [0.29, 0.717) is 12.4 Å². The summed E-state index contributed by atoms with van der Waals surface area (Å²) in [6.07, 6.45) is 10.0. The fraction of sp³-hybridized carbons (Fsp3) is 0.625. The van der Waals surface area contributed by atoms with E-state index in [4.69, 9.17) is 9.31 Å². The van der Waals surface area contributed by atoms with E-state index in [-0.39, 0.29) is 0 Å². The predicted molar refractivity (Wildman–Crippen MR) is 83.6 cm³/mol. The zero-order valence-corrected chi connectivity index (χ0v) is 12.6. The van der Waals surface area contributed by atoms with Gasteiger partial charge in [-0.05, 0) is 18.6 Å². The highest BCUT2D eigenvalue weighted by Crippen LogP contribution is 2.10. The molecule has 3 nitrogen and oxygen atoms in total. The lowest BCUT2D eigenvalue weighted by Gasteiger charge is -2.09. The van der Waals surface area contributed by atoms with Crippen LogP contribution in [0.1, 0.15) is 58.3 Å². The van der Waals surface area contributed by atoms with Gasteiger partial charge in [0, 0.05) is 6.61 Å². The van der Waals surface area contributed by atoms with Gasteiger partial charge >= 0.3 is 7.32 Å². The van der Waals surface area contributed by atoms with Crippen LogP contribution in [0.25, 0.3) is 0 Å². The van der Waals surface area contributed by atoms with Gasteiger partial charge in [-0.2, -0.15) is 0 Å². The Morgan fingerprint density at radius 2 is 1.50 bits per heavy atom. The smallest absolute Gasteiger partial charge is 0.512 e. The first-order valence-corrected chi connectivity index (χ1v) is 7.84. The monoisotopic (exact) mass is 278 g/mol. The summed E-state index contributed by atoms with van der Waals surface area (Å²) in [6, 6.07) is 9.22. The minimum Gasteiger partial charge on any atom is -0.512 e.